The average Bonchev–Trinajstić information content (AvgIpc) is 3.23. The highest BCUT2D eigenvalue weighted by Crippen LogP contribution is 2.26. The van der Waals surface area contributed by atoms with Crippen LogP contribution in [0.1, 0.15) is 4.88 Å². The molecule has 0 spiro atoms. The summed E-state index contributed by atoms with van der Waals surface area (Å²) in [5.41, 5.74) is 1.39. The molecule has 2 heterocycles. The molecule has 0 radical (unpaired) electrons. The lowest BCUT2D eigenvalue weighted by molar-refractivity contribution is -0.380. The summed E-state index contributed by atoms with van der Waals surface area (Å²) in [5, 5.41) is 15.4. The fourth-order valence-electron chi connectivity index (χ4n) is 1.92. The van der Waals surface area contributed by atoms with Crippen LogP contribution in [0.5, 0.6) is 0 Å². The van der Waals surface area contributed by atoms with Crippen LogP contribution in [0.2, 0.25) is 0 Å². The number of rotatable bonds is 5. The van der Waals surface area contributed by atoms with E-state index in [0.717, 1.165) is 16.9 Å². The van der Waals surface area contributed by atoms with Crippen molar-refractivity contribution in [2.75, 3.05) is 5.32 Å². The van der Waals surface area contributed by atoms with E-state index < -0.39 is 10.8 Å². The Morgan fingerprint density at radius 1 is 1.24 bits per heavy atom. The van der Waals surface area contributed by atoms with Gasteiger partial charge >= 0.3 is 5.00 Å². The highest BCUT2D eigenvalue weighted by molar-refractivity contribution is 7.16. The summed E-state index contributed by atoms with van der Waals surface area (Å²) in [7, 11) is 0. The van der Waals surface area contributed by atoms with Gasteiger partial charge in [-0.1, -0.05) is 11.3 Å². The average molecular weight is 375 g/mol. The molecular weight excluding hydrogens is 365 g/mol. The highest BCUT2D eigenvalue weighted by Gasteiger charge is 2.09. The lowest BCUT2D eigenvalue weighted by Crippen LogP contribution is -2.07. The maximum Gasteiger partial charge on any atom is 0.324 e. The Labute approximate surface area is 149 Å². The maximum atomic E-state index is 12.9. The van der Waals surface area contributed by atoms with E-state index in [-0.39, 0.29) is 10.8 Å². The number of nitrogens with zero attached hydrogens (tertiary/aromatic N) is 2. The summed E-state index contributed by atoms with van der Waals surface area (Å²) in [6.07, 6.45) is 2.79. The monoisotopic (exact) mass is 375 g/mol. The van der Waals surface area contributed by atoms with Crippen LogP contribution in [0.4, 0.5) is 14.5 Å². The summed E-state index contributed by atoms with van der Waals surface area (Å²) < 4.78 is 12.9. The Hall–Kier alpha value is -2.91. The molecule has 3 rings (SSSR count). The fraction of sp³-hybridized carbons (Fsp3) is 0. The Morgan fingerprint density at radius 3 is 2.68 bits per heavy atom. The number of halogens is 1. The number of nitro groups is 1. The molecule has 0 saturated carbocycles. The van der Waals surface area contributed by atoms with Crippen LogP contribution in [0.25, 0.3) is 17.3 Å². The number of amides is 1. The van der Waals surface area contributed by atoms with Crippen LogP contribution in [-0.2, 0) is 4.79 Å². The smallest absolute Gasteiger partial charge is 0.298 e. The molecule has 0 saturated heterocycles. The van der Waals surface area contributed by atoms with Crippen LogP contribution in [0.15, 0.2) is 47.9 Å². The molecule has 0 atom stereocenters. The summed E-state index contributed by atoms with van der Waals surface area (Å²) in [5.74, 6) is -0.720. The number of carbonyl (C=O) groups is 1. The third-order valence-electron chi connectivity index (χ3n) is 3.07. The molecule has 0 aliphatic carbocycles. The molecule has 3 aromatic rings. The zero-order valence-electron chi connectivity index (χ0n) is 12.5. The number of hydrogen-bond donors (Lipinski definition) is 1. The van der Waals surface area contributed by atoms with Crippen molar-refractivity contribution in [1.29, 1.82) is 0 Å². The van der Waals surface area contributed by atoms with Gasteiger partial charge in [-0.15, -0.1) is 11.3 Å². The van der Waals surface area contributed by atoms with Crippen molar-refractivity contribution < 1.29 is 14.1 Å². The van der Waals surface area contributed by atoms with E-state index in [0.29, 0.717) is 15.7 Å². The van der Waals surface area contributed by atoms with Gasteiger partial charge in [0.1, 0.15) is 5.82 Å². The van der Waals surface area contributed by atoms with E-state index in [9.17, 15) is 19.3 Å². The maximum absolute atomic E-state index is 12.9. The van der Waals surface area contributed by atoms with Gasteiger partial charge in [-0.25, -0.2) is 9.37 Å². The molecule has 0 aliphatic rings. The topological polar surface area (TPSA) is 85.1 Å². The second kappa shape index (κ2) is 7.32. The molecule has 1 N–H and O–H groups in total. The second-order valence-corrected chi connectivity index (χ2v) is 6.75. The Balaban J connectivity index is 1.64. The van der Waals surface area contributed by atoms with Crippen molar-refractivity contribution >= 4 is 44.8 Å². The van der Waals surface area contributed by atoms with Crippen molar-refractivity contribution in [2.45, 2.75) is 0 Å². The molecule has 0 unspecified atom stereocenters. The minimum Gasteiger partial charge on any atom is -0.298 e. The molecule has 2 aromatic heterocycles. The quantitative estimate of drug-likeness (QED) is 0.402. The van der Waals surface area contributed by atoms with E-state index in [1.807, 2.05) is 0 Å². The van der Waals surface area contributed by atoms with E-state index in [1.165, 1.54) is 41.7 Å². The number of aromatic nitrogens is 1. The molecule has 1 amide bonds. The van der Waals surface area contributed by atoms with Gasteiger partial charge in [-0.3, -0.25) is 20.2 Å². The van der Waals surface area contributed by atoms with E-state index in [2.05, 4.69) is 10.3 Å². The molecule has 9 heteroatoms. The third-order valence-corrected chi connectivity index (χ3v) is 4.83. The van der Waals surface area contributed by atoms with Crippen LogP contribution in [-0.4, -0.2) is 15.8 Å². The number of anilines is 1. The first-order chi connectivity index (χ1) is 12.0. The molecular formula is C16H10FN3O3S2. The van der Waals surface area contributed by atoms with E-state index in [1.54, 1.807) is 23.6 Å². The number of thiazole rings is 1. The molecule has 25 heavy (non-hydrogen) atoms. The Kier molecular flexibility index (Phi) is 4.96. The summed E-state index contributed by atoms with van der Waals surface area (Å²) in [4.78, 5) is 26.9. The van der Waals surface area contributed by atoms with Crippen molar-refractivity contribution in [3.8, 4) is 11.3 Å². The number of carbonyl (C=O) groups excluding carboxylic acids is 1. The summed E-state index contributed by atoms with van der Waals surface area (Å²) >= 11 is 2.23. The molecule has 6 nitrogen and oxygen atoms in total. The number of thiophene rings is 1. The lowest BCUT2D eigenvalue weighted by atomic mass is 10.2. The largest absolute Gasteiger partial charge is 0.324 e. The Morgan fingerprint density at radius 2 is 2.00 bits per heavy atom. The van der Waals surface area contributed by atoms with Crippen LogP contribution in [0, 0.1) is 15.9 Å². The van der Waals surface area contributed by atoms with Crippen molar-refractivity contribution in [2.24, 2.45) is 0 Å². The van der Waals surface area contributed by atoms with Gasteiger partial charge in [0, 0.05) is 28.0 Å². The van der Waals surface area contributed by atoms with Crippen molar-refractivity contribution in [3.05, 3.63) is 68.7 Å². The van der Waals surface area contributed by atoms with Crippen LogP contribution >= 0.6 is 22.7 Å². The van der Waals surface area contributed by atoms with Gasteiger partial charge in [0.05, 0.1) is 10.6 Å². The van der Waals surface area contributed by atoms with Gasteiger partial charge in [0.15, 0.2) is 5.13 Å². The highest BCUT2D eigenvalue weighted by atomic mass is 32.1. The summed E-state index contributed by atoms with van der Waals surface area (Å²) in [6.45, 7) is 0. The molecule has 126 valence electrons. The first kappa shape index (κ1) is 16.9. The van der Waals surface area contributed by atoms with Crippen LogP contribution < -0.4 is 5.32 Å². The van der Waals surface area contributed by atoms with Gasteiger partial charge in [-0.2, -0.15) is 0 Å². The van der Waals surface area contributed by atoms with Gasteiger partial charge in [-0.05, 0) is 36.4 Å². The molecule has 0 bridgehead atoms. The SMILES string of the molecule is O=C(C=Cc1ccc([N+](=O)[O-])s1)Nc1nc(-c2ccc(F)cc2)cs1. The normalized spacial score (nSPS) is 10.9. The Bertz CT molecular complexity index is 948. The van der Waals surface area contributed by atoms with Gasteiger partial charge in [0.25, 0.3) is 0 Å². The van der Waals surface area contributed by atoms with Gasteiger partial charge < -0.3 is 0 Å². The summed E-state index contributed by atoms with van der Waals surface area (Å²) in [6, 6.07) is 8.87. The zero-order chi connectivity index (χ0) is 17.8. The second-order valence-electron chi connectivity index (χ2n) is 4.80. The van der Waals surface area contributed by atoms with E-state index >= 15 is 0 Å². The zero-order valence-corrected chi connectivity index (χ0v) is 14.1. The van der Waals surface area contributed by atoms with Crippen molar-refractivity contribution in [1.82, 2.24) is 4.98 Å². The third kappa shape index (κ3) is 4.34. The van der Waals surface area contributed by atoms with E-state index in [4.69, 9.17) is 0 Å². The predicted molar refractivity (Wildman–Crippen MR) is 96.1 cm³/mol. The van der Waals surface area contributed by atoms with Crippen LogP contribution in [0.3, 0.4) is 0 Å². The first-order valence-corrected chi connectivity index (χ1v) is 8.65. The molecule has 0 aliphatic heterocycles. The van der Waals surface area contributed by atoms with Crippen molar-refractivity contribution in [3.63, 3.8) is 0 Å². The number of hydrogen-bond acceptors (Lipinski definition) is 6. The minimum absolute atomic E-state index is 0.0175. The predicted octanol–water partition coefficient (Wildman–Crippen LogP) is 4.57. The number of benzene rings is 1. The lowest BCUT2D eigenvalue weighted by Gasteiger charge is -1.97. The minimum atomic E-state index is -0.478. The standard InChI is InChI=1S/C16H10FN3O3S2/c17-11-3-1-10(2-4-11)13-9-24-16(18-13)19-14(21)7-5-12-6-8-15(25-12)20(22)23/h1-9H,(H,18,19,21). The number of nitrogens with one attached hydrogen (secondary N) is 1. The molecule has 1 aromatic carbocycles. The first-order valence-electron chi connectivity index (χ1n) is 6.96. The molecule has 0 fully saturated rings. The fourth-order valence-corrected chi connectivity index (χ4v) is 3.37. The van der Waals surface area contributed by atoms with Gasteiger partial charge in [0.2, 0.25) is 5.91 Å².